The van der Waals surface area contributed by atoms with Gasteiger partial charge in [0.2, 0.25) is 10.0 Å². The Hall–Kier alpha value is -1.08. The second-order valence-electron chi connectivity index (χ2n) is 4.85. The quantitative estimate of drug-likeness (QED) is 0.721. The molecule has 2 aliphatic heterocycles. The number of carbonyl (C=O) groups is 1. The second kappa shape index (κ2) is 5.92. The maximum absolute atomic E-state index is 11.7. The van der Waals surface area contributed by atoms with Crippen molar-refractivity contribution in [3.63, 3.8) is 0 Å². The molecule has 2 rings (SSSR count). The number of methoxy groups -OCH3 is 1. The highest BCUT2D eigenvalue weighted by molar-refractivity contribution is 7.89. The Morgan fingerprint density at radius 2 is 2.21 bits per heavy atom. The van der Waals surface area contributed by atoms with Crippen LogP contribution in [0.4, 0.5) is 4.79 Å². The minimum atomic E-state index is -2.99. The summed E-state index contributed by atoms with van der Waals surface area (Å²) in [5.41, 5.74) is 1.22. The molecule has 0 saturated carbocycles. The normalized spacial score (nSPS) is 23.2. The van der Waals surface area contributed by atoms with E-state index >= 15 is 0 Å². The van der Waals surface area contributed by atoms with Gasteiger partial charge in [-0.1, -0.05) is 11.6 Å². The molecule has 0 aromatic heterocycles. The largest absolute Gasteiger partial charge is 0.453 e. The molecular formula is C12H20N2O4S. The van der Waals surface area contributed by atoms with Crippen molar-refractivity contribution in [3.05, 3.63) is 11.6 Å². The molecule has 1 saturated heterocycles. The monoisotopic (exact) mass is 288 g/mol. The van der Waals surface area contributed by atoms with Crippen molar-refractivity contribution in [2.45, 2.75) is 19.3 Å². The van der Waals surface area contributed by atoms with Crippen molar-refractivity contribution in [2.24, 2.45) is 0 Å². The van der Waals surface area contributed by atoms with Crippen LogP contribution in [0.25, 0.3) is 0 Å². The molecule has 0 aliphatic carbocycles. The SMILES string of the molecule is COC(=O)N1CC=C(CCN2CCCS2(=O)=O)CC1. The van der Waals surface area contributed by atoms with Gasteiger partial charge >= 0.3 is 6.09 Å². The molecule has 1 fully saturated rings. The first-order valence-electron chi connectivity index (χ1n) is 6.51. The van der Waals surface area contributed by atoms with Gasteiger partial charge < -0.3 is 9.64 Å². The van der Waals surface area contributed by atoms with Gasteiger partial charge in [-0.2, -0.15) is 0 Å². The molecule has 0 aromatic rings. The number of sulfonamides is 1. The van der Waals surface area contributed by atoms with Crippen LogP contribution in [0.1, 0.15) is 19.3 Å². The van der Waals surface area contributed by atoms with Crippen LogP contribution in [-0.4, -0.2) is 62.8 Å². The number of rotatable bonds is 3. The smallest absolute Gasteiger partial charge is 0.409 e. The Bertz CT molecular complexity index is 472. The van der Waals surface area contributed by atoms with Crippen LogP contribution in [0.2, 0.25) is 0 Å². The number of hydrogen-bond acceptors (Lipinski definition) is 4. The van der Waals surface area contributed by atoms with Gasteiger partial charge in [0, 0.05) is 26.2 Å². The number of nitrogens with zero attached hydrogens (tertiary/aromatic N) is 2. The van der Waals surface area contributed by atoms with Gasteiger partial charge in [0.25, 0.3) is 0 Å². The van der Waals surface area contributed by atoms with Gasteiger partial charge in [-0.05, 0) is 19.3 Å². The number of amides is 1. The maximum Gasteiger partial charge on any atom is 0.409 e. The van der Waals surface area contributed by atoms with Crippen molar-refractivity contribution in [1.82, 2.24) is 9.21 Å². The van der Waals surface area contributed by atoms with E-state index in [4.69, 9.17) is 0 Å². The third kappa shape index (κ3) is 3.48. The Morgan fingerprint density at radius 3 is 2.74 bits per heavy atom. The van der Waals surface area contributed by atoms with E-state index < -0.39 is 10.0 Å². The van der Waals surface area contributed by atoms with Gasteiger partial charge in [0.15, 0.2) is 0 Å². The lowest BCUT2D eigenvalue weighted by atomic mass is 10.1. The van der Waals surface area contributed by atoms with Crippen molar-refractivity contribution in [2.75, 3.05) is 39.0 Å². The fourth-order valence-electron chi connectivity index (χ4n) is 2.44. The van der Waals surface area contributed by atoms with Gasteiger partial charge in [-0.3, -0.25) is 0 Å². The number of carbonyl (C=O) groups excluding carboxylic acids is 1. The van der Waals surface area contributed by atoms with Crippen LogP contribution in [0, 0.1) is 0 Å². The molecule has 19 heavy (non-hydrogen) atoms. The molecule has 0 aromatic carbocycles. The number of hydrogen-bond donors (Lipinski definition) is 0. The average Bonchev–Trinajstić information content (AvgIpc) is 2.75. The predicted molar refractivity (Wildman–Crippen MR) is 71.3 cm³/mol. The molecule has 0 N–H and O–H groups in total. The molecular weight excluding hydrogens is 268 g/mol. The highest BCUT2D eigenvalue weighted by Gasteiger charge is 2.28. The van der Waals surface area contributed by atoms with Crippen LogP contribution < -0.4 is 0 Å². The standard InChI is InChI=1S/C12H20N2O4S/c1-18-12(15)13-7-3-11(4-8-13)5-9-14-6-2-10-19(14,16)17/h3H,2,4-10H2,1H3. The minimum absolute atomic E-state index is 0.280. The van der Waals surface area contributed by atoms with Crippen LogP contribution in [0.3, 0.4) is 0 Å². The molecule has 2 aliphatic rings. The van der Waals surface area contributed by atoms with Crippen LogP contribution in [0.5, 0.6) is 0 Å². The Balaban J connectivity index is 1.82. The Labute approximate surface area is 114 Å². The third-order valence-corrected chi connectivity index (χ3v) is 5.58. The summed E-state index contributed by atoms with van der Waals surface area (Å²) < 4.78 is 29.5. The van der Waals surface area contributed by atoms with E-state index in [-0.39, 0.29) is 11.8 Å². The van der Waals surface area contributed by atoms with Crippen LogP contribution in [-0.2, 0) is 14.8 Å². The van der Waals surface area contributed by atoms with Gasteiger partial charge in [0.05, 0.1) is 12.9 Å². The van der Waals surface area contributed by atoms with Crippen molar-refractivity contribution in [3.8, 4) is 0 Å². The summed E-state index contributed by atoms with van der Waals surface area (Å²) in [4.78, 5) is 12.9. The summed E-state index contributed by atoms with van der Waals surface area (Å²) in [7, 11) is -1.62. The topological polar surface area (TPSA) is 66.9 Å². The minimum Gasteiger partial charge on any atom is -0.453 e. The lowest BCUT2D eigenvalue weighted by Gasteiger charge is -2.25. The molecule has 0 bridgehead atoms. The molecule has 0 radical (unpaired) electrons. The van der Waals surface area contributed by atoms with E-state index in [1.54, 1.807) is 9.21 Å². The molecule has 0 spiro atoms. The first kappa shape index (κ1) is 14.3. The molecule has 108 valence electrons. The zero-order valence-electron chi connectivity index (χ0n) is 11.2. The molecule has 2 heterocycles. The molecule has 7 heteroatoms. The summed E-state index contributed by atoms with van der Waals surface area (Å²) in [5, 5.41) is 0. The summed E-state index contributed by atoms with van der Waals surface area (Å²) in [6, 6.07) is 0. The summed E-state index contributed by atoms with van der Waals surface area (Å²) in [6.45, 7) is 2.40. The van der Waals surface area contributed by atoms with E-state index in [0.717, 1.165) is 19.3 Å². The zero-order valence-corrected chi connectivity index (χ0v) is 12.0. The van der Waals surface area contributed by atoms with E-state index in [1.807, 2.05) is 6.08 Å². The first-order chi connectivity index (χ1) is 9.03. The zero-order chi connectivity index (χ0) is 13.9. The summed E-state index contributed by atoms with van der Waals surface area (Å²) in [5.74, 6) is 0.280. The third-order valence-electron chi connectivity index (χ3n) is 3.62. The molecule has 1 amide bonds. The highest BCUT2D eigenvalue weighted by atomic mass is 32.2. The Morgan fingerprint density at radius 1 is 1.42 bits per heavy atom. The maximum atomic E-state index is 11.7. The first-order valence-corrected chi connectivity index (χ1v) is 8.12. The Kier molecular flexibility index (Phi) is 4.46. The van der Waals surface area contributed by atoms with Crippen molar-refractivity contribution >= 4 is 16.1 Å². The fraction of sp³-hybridized carbons (Fsp3) is 0.750. The molecule has 0 unspecified atom stereocenters. The van der Waals surface area contributed by atoms with Crippen LogP contribution in [0.15, 0.2) is 11.6 Å². The van der Waals surface area contributed by atoms with Gasteiger partial charge in [0.1, 0.15) is 0 Å². The molecule has 0 atom stereocenters. The average molecular weight is 288 g/mol. The van der Waals surface area contributed by atoms with Crippen LogP contribution >= 0.6 is 0 Å². The van der Waals surface area contributed by atoms with Gasteiger partial charge in [-0.15, -0.1) is 0 Å². The molecule has 6 nitrogen and oxygen atoms in total. The van der Waals surface area contributed by atoms with E-state index in [0.29, 0.717) is 26.2 Å². The summed E-state index contributed by atoms with van der Waals surface area (Å²) in [6.07, 6.45) is 3.98. The lowest BCUT2D eigenvalue weighted by molar-refractivity contribution is 0.126. The fourth-order valence-corrected chi connectivity index (χ4v) is 3.97. The highest BCUT2D eigenvalue weighted by Crippen LogP contribution is 2.19. The van der Waals surface area contributed by atoms with E-state index in [9.17, 15) is 13.2 Å². The number of ether oxygens (including phenoxy) is 1. The second-order valence-corrected chi connectivity index (χ2v) is 6.94. The van der Waals surface area contributed by atoms with Crippen molar-refractivity contribution < 1.29 is 17.9 Å². The predicted octanol–water partition coefficient (Wildman–Crippen LogP) is 0.811. The van der Waals surface area contributed by atoms with Gasteiger partial charge in [-0.25, -0.2) is 17.5 Å². The summed E-state index contributed by atoms with van der Waals surface area (Å²) >= 11 is 0. The lowest BCUT2D eigenvalue weighted by Crippen LogP contribution is -2.35. The van der Waals surface area contributed by atoms with E-state index in [1.165, 1.54) is 12.7 Å². The van der Waals surface area contributed by atoms with Crippen molar-refractivity contribution in [1.29, 1.82) is 0 Å². The van der Waals surface area contributed by atoms with E-state index in [2.05, 4.69) is 4.74 Å².